The molecule has 3 heteroatoms. The van der Waals surface area contributed by atoms with E-state index in [0.717, 1.165) is 25.3 Å². The number of hydrogen-bond donors (Lipinski definition) is 2. The molecule has 0 radical (unpaired) electrons. The van der Waals surface area contributed by atoms with Crippen molar-refractivity contribution >= 4 is 0 Å². The first-order valence-electron chi connectivity index (χ1n) is 8.95. The molecule has 0 aromatic heterocycles. The van der Waals surface area contributed by atoms with E-state index < -0.39 is 0 Å². The highest BCUT2D eigenvalue weighted by Gasteiger charge is 2.29. The SMILES string of the molecule is CCNC(CC)(CO)CCCN1CCC(C(C)(C)C)CC1. The first kappa shape index (κ1) is 18.9. The molecule has 0 amide bonds. The van der Waals surface area contributed by atoms with Crippen LogP contribution >= 0.6 is 0 Å². The summed E-state index contributed by atoms with van der Waals surface area (Å²) in [6, 6.07) is 0. The lowest BCUT2D eigenvalue weighted by Crippen LogP contribution is -2.48. The summed E-state index contributed by atoms with van der Waals surface area (Å²) in [7, 11) is 0. The largest absolute Gasteiger partial charge is 0.394 e. The number of aliphatic hydroxyl groups is 1. The minimum Gasteiger partial charge on any atom is -0.394 e. The molecule has 1 aliphatic heterocycles. The number of rotatable bonds is 8. The van der Waals surface area contributed by atoms with E-state index in [9.17, 15) is 5.11 Å². The number of likely N-dealkylation sites (tertiary alicyclic amines) is 1. The predicted molar refractivity (Wildman–Crippen MR) is 91.6 cm³/mol. The number of hydrogen-bond acceptors (Lipinski definition) is 3. The minimum absolute atomic E-state index is 0.0571. The van der Waals surface area contributed by atoms with Gasteiger partial charge in [-0.05, 0) is 69.6 Å². The van der Waals surface area contributed by atoms with Crippen LogP contribution in [0.3, 0.4) is 0 Å². The van der Waals surface area contributed by atoms with Gasteiger partial charge in [-0.25, -0.2) is 0 Å². The lowest BCUT2D eigenvalue weighted by atomic mass is 9.75. The Kier molecular flexibility index (Phi) is 7.66. The maximum atomic E-state index is 9.69. The normalized spacial score (nSPS) is 21.4. The van der Waals surface area contributed by atoms with Gasteiger partial charge in [-0.15, -0.1) is 0 Å². The summed E-state index contributed by atoms with van der Waals surface area (Å²) in [5, 5.41) is 13.2. The molecule has 1 atom stereocenters. The molecular formula is C18H38N2O. The minimum atomic E-state index is -0.0571. The molecular weight excluding hydrogens is 260 g/mol. The summed E-state index contributed by atoms with van der Waals surface area (Å²) in [5.74, 6) is 0.877. The lowest BCUT2D eigenvalue weighted by molar-refractivity contribution is 0.102. The van der Waals surface area contributed by atoms with Crippen LogP contribution in [0.1, 0.15) is 66.7 Å². The Morgan fingerprint density at radius 1 is 1.14 bits per heavy atom. The monoisotopic (exact) mass is 298 g/mol. The van der Waals surface area contributed by atoms with Gasteiger partial charge in [0.15, 0.2) is 0 Å². The molecule has 0 spiro atoms. The van der Waals surface area contributed by atoms with Gasteiger partial charge < -0.3 is 15.3 Å². The van der Waals surface area contributed by atoms with Crippen LogP contribution in [0.15, 0.2) is 0 Å². The van der Waals surface area contributed by atoms with Crippen molar-refractivity contribution in [2.24, 2.45) is 11.3 Å². The number of nitrogens with zero attached hydrogens (tertiary/aromatic N) is 1. The van der Waals surface area contributed by atoms with Gasteiger partial charge in [-0.1, -0.05) is 34.6 Å². The van der Waals surface area contributed by atoms with E-state index in [1.165, 1.54) is 38.9 Å². The molecule has 3 nitrogen and oxygen atoms in total. The topological polar surface area (TPSA) is 35.5 Å². The third-order valence-electron chi connectivity index (χ3n) is 5.47. The second-order valence-electron chi connectivity index (χ2n) is 7.91. The Morgan fingerprint density at radius 3 is 2.19 bits per heavy atom. The third-order valence-corrected chi connectivity index (χ3v) is 5.47. The van der Waals surface area contributed by atoms with Gasteiger partial charge >= 0.3 is 0 Å². The van der Waals surface area contributed by atoms with Crippen LogP contribution in [-0.4, -0.2) is 48.3 Å². The first-order chi connectivity index (χ1) is 9.87. The molecule has 1 heterocycles. The van der Waals surface area contributed by atoms with E-state index in [-0.39, 0.29) is 12.1 Å². The molecule has 0 bridgehead atoms. The molecule has 21 heavy (non-hydrogen) atoms. The maximum absolute atomic E-state index is 9.69. The van der Waals surface area contributed by atoms with E-state index in [0.29, 0.717) is 5.41 Å². The average Bonchev–Trinajstić information content (AvgIpc) is 2.46. The molecule has 0 aromatic rings. The standard InChI is InChI=1S/C18H38N2O/c1-6-18(15-21,19-7-2)11-8-12-20-13-9-16(10-14-20)17(3,4)5/h16,19,21H,6-15H2,1-5H3. The fourth-order valence-electron chi connectivity index (χ4n) is 3.68. The summed E-state index contributed by atoms with van der Waals surface area (Å²) >= 11 is 0. The number of nitrogens with one attached hydrogen (secondary N) is 1. The first-order valence-corrected chi connectivity index (χ1v) is 8.95. The maximum Gasteiger partial charge on any atom is 0.0613 e. The van der Waals surface area contributed by atoms with Crippen molar-refractivity contribution in [3.8, 4) is 0 Å². The zero-order valence-electron chi connectivity index (χ0n) is 15.0. The summed E-state index contributed by atoms with van der Waals surface area (Å²) in [4.78, 5) is 2.62. The molecule has 1 rings (SSSR count). The van der Waals surface area contributed by atoms with E-state index in [4.69, 9.17) is 0 Å². The van der Waals surface area contributed by atoms with Crippen molar-refractivity contribution in [2.45, 2.75) is 72.3 Å². The van der Waals surface area contributed by atoms with Crippen molar-refractivity contribution in [3.05, 3.63) is 0 Å². The second-order valence-corrected chi connectivity index (χ2v) is 7.91. The summed E-state index contributed by atoms with van der Waals surface area (Å²) in [6.45, 7) is 16.3. The van der Waals surface area contributed by atoms with Gasteiger partial charge in [-0.2, -0.15) is 0 Å². The van der Waals surface area contributed by atoms with Gasteiger partial charge in [0.05, 0.1) is 6.61 Å². The molecule has 0 aliphatic carbocycles. The van der Waals surface area contributed by atoms with Crippen molar-refractivity contribution in [2.75, 3.05) is 32.8 Å². The fourth-order valence-corrected chi connectivity index (χ4v) is 3.68. The van der Waals surface area contributed by atoms with Crippen LogP contribution in [0.2, 0.25) is 0 Å². The molecule has 1 aliphatic rings. The van der Waals surface area contributed by atoms with Crippen LogP contribution in [0.25, 0.3) is 0 Å². The molecule has 1 fully saturated rings. The molecule has 1 unspecified atom stereocenters. The Balaban J connectivity index is 2.31. The zero-order chi connectivity index (χ0) is 15.9. The van der Waals surface area contributed by atoms with E-state index in [2.05, 4.69) is 44.8 Å². The van der Waals surface area contributed by atoms with Crippen molar-refractivity contribution in [3.63, 3.8) is 0 Å². The average molecular weight is 299 g/mol. The van der Waals surface area contributed by atoms with Crippen LogP contribution < -0.4 is 5.32 Å². The highest BCUT2D eigenvalue weighted by atomic mass is 16.3. The van der Waals surface area contributed by atoms with Crippen molar-refractivity contribution in [1.82, 2.24) is 10.2 Å². The zero-order valence-corrected chi connectivity index (χ0v) is 15.0. The molecule has 1 saturated heterocycles. The van der Waals surface area contributed by atoms with Crippen LogP contribution in [0.4, 0.5) is 0 Å². The second kappa shape index (κ2) is 8.50. The smallest absolute Gasteiger partial charge is 0.0613 e. The van der Waals surface area contributed by atoms with Gasteiger partial charge in [-0.3, -0.25) is 0 Å². The lowest BCUT2D eigenvalue weighted by Gasteiger charge is -2.39. The fraction of sp³-hybridized carbons (Fsp3) is 1.00. The number of aliphatic hydroxyl groups excluding tert-OH is 1. The van der Waals surface area contributed by atoms with E-state index >= 15 is 0 Å². The van der Waals surface area contributed by atoms with Crippen LogP contribution in [0, 0.1) is 11.3 Å². The van der Waals surface area contributed by atoms with E-state index in [1.54, 1.807) is 0 Å². The van der Waals surface area contributed by atoms with Gasteiger partial charge in [0.2, 0.25) is 0 Å². The van der Waals surface area contributed by atoms with Crippen LogP contribution in [-0.2, 0) is 0 Å². The summed E-state index contributed by atoms with van der Waals surface area (Å²) in [5.41, 5.74) is 0.407. The molecule has 0 aromatic carbocycles. The predicted octanol–water partition coefficient (Wildman–Crippen LogP) is 3.28. The Morgan fingerprint density at radius 2 is 1.76 bits per heavy atom. The van der Waals surface area contributed by atoms with Crippen LogP contribution in [0.5, 0.6) is 0 Å². The van der Waals surface area contributed by atoms with Crippen molar-refractivity contribution < 1.29 is 5.11 Å². The number of likely N-dealkylation sites (N-methyl/N-ethyl adjacent to an activating group) is 1. The molecule has 2 N–H and O–H groups in total. The third kappa shape index (κ3) is 5.88. The summed E-state index contributed by atoms with van der Waals surface area (Å²) in [6.07, 6.45) is 5.95. The highest BCUT2D eigenvalue weighted by molar-refractivity contribution is 4.86. The van der Waals surface area contributed by atoms with Crippen molar-refractivity contribution in [1.29, 1.82) is 0 Å². The van der Waals surface area contributed by atoms with Gasteiger partial charge in [0, 0.05) is 5.54 Å². The Labute approximate surface area is 132 Å². The van der Waals surface area contributed by atoms with E-state index in [1.807, 2.05) is 0 Å². The summed E-state index contributed by atoms with van der Waals surface area (Å²) < 4.78 is 0. The number of piperidine rings is 1. The van der Waals surface area contributed by atoms with Gasteiger partial charge in [0.25, 0.3) is 0 Å². The Hall–Kier alpha value is -0.120. The Bertz CT molecular complexity index is 273. The van der Waals surface area contributed by atoms with Gasteiger partial charge in [0.1, 0.15) is 0 Å². The highest BCUT2D eigenvalue weighted by Crippen LogP contribution is 2.34. The quantitative estimate of drug-likeness (QED) is 0.722. The molecule has 0 saturated carbocycles. The molecule has 126 valence electrons.